The fourth-order valence-electron chi connectivity index (χ4n) is 1.74. The first-order chi connectivity index (χ1) is 7.45. The summed E-state index contributed by atoms with van der Waals surface area (Å²) < 4.78 is 5.30. The lowest BCUT2D eigenvalue weighted by molar-refractivity contribution is 0.0398. The summed E-state index contributed by atoms with van der Waals surface area (Å²) in [6.07, 6.45) is 0. The van der Waals surface area contributed by atoms with Gasteiger partial charge in [-0.2, -0.15) is 0 Å². The van der Waals surface area contributed by atoms with Gasteiger partial charge in [-0.1, -0.05) is 18.2 Å². The average molecular weight is 206 g/mol. The van der Waals surface area contributed by atoms with Gasteiger partial charge in [0.05, 0.1) is 13.2 Å². The fourth-order valence-corrected chi connectivity index (χ4v) is 1.74. The quantitative estimate of drug-likeness (QED) is 0.806. The van der Waals surface area contributed by atoms with Gasteiger partial charge in [0.2, 0.25) is 0 Å². The zero-order chi connectivity index (χ0) is 10.3. The Hall–Kier alpha value is -1.06. The van der Waals surface area contributed by atoms with Crippen LogP contribution in [0.15, 0.2) is 30.3 Å². The van der Waals surface area contributed by atoms with E-state index in [4.69, 9.17) is 4.74 Å². The molecule has 0 aliphatic carbocycles. The topological polar surface area (TPSA) is 24.5 Å². The summed E-state index contributed by atoms with van der Waals surface area (Å²) in [7, 11) is 0. The van der Waals surface area contributed by atoms with E-state index in [2.05, 4.69) is 34.5 Å². The maximum atomic E-state index is 5.30. The molecule has 2 rings (SSSR count). The van der Waals surface area contributed by atoms with Crippen molar-refractivity contribution in [3.05, 3.63) is 30.3 Å². The summed E-state index contributed by atoms with van der Waals surface area (Å²) in [6.45, 7) is 5.99. The minimum Gasteiger partial charge on any atom is -0.384 e. The van der Waals surface area contributed by atoms with Crippen LogP contribution < -0.4 is 5.32 Å². The number of rotatable bonds is 4. The van der Waals surface area contributed by atoms with Crippen molar-refractivity contribution < 1.29 is 4.74 Å². The summed E-state index contributed by atoms with van der Waals surface area (Å²) in [4.78, 5) is 2.43. The Balaban J connectivity index is 1.66. The second-order valence-corrected chi connectivity index (χ2v) is 3.75. The Kier molecular flexibility index (Phi) is 4.00. The molecule has 1 fully saturated rings. The second kappa shape index (κ2) is 5.73. The zero-order valence-corrected chi connectivity index (χ0v) is 8.98. The number of nitrogens with one attached hydrogen (secondary N) is 1. The molecule has 0 saturated carbocycles. The highest BCUT2D eigenvalue weighted by Crippen LogP contribution is 2.04. The van der Waals surface area contributed by atoms with E-state index >= 15 is 0 Å². The summed E-state index contributed by atoms with van der Waals surface area (Å²) in [6, 6.07) is 10.3. The molecule has 15 heavy (non-hydrogen) atoms. The molecule has 3 nitrogen and oxygen atoms in total. The highest BCUT2D eigenvalue weighted by molar-refractivity contribution is 5.42. The molecule has 3 heteroatoms. The van der Waals surface area contributed by atoms with E-state index in [1.165, 1.54) is 5.69 Å². The number of benzene rings is 1. The Morgan fingerprint density at radius 3 is 2.60 bits per heavy atom. The van der Waals surface area contributed by atoms with Crippen molar-refractivity contribution in [2.45, 2.75) is 0 Å². The van der Waals surface area contributed by atoms with Crippen LogP contribution in [0.5, 0.6) is 0 Å². The maximum Gasteiger partial charge on any atom is 0.0594 e. The third-order valence-corrected chi connectivity index (χ3v) is 2.63. The van der Waals surface area contributed by atoms with E-state index in [1.807, 2.05) is 6.07 Å². The van der Waals surface area contributed by atoms with E-state index in [1.54, 1.807) is 0 Å². The van der Waals surface area contributed by atoms with Crippen LogP contribution in [-0.2, 0) is 4.74 Å². The summed E-state index contributed by atoms with van der Waals surface area (Å²) in [5, 5.41) is 3.41. The molecule has 1 aliphatic rings. The second-order valence-electron chi connectivity index (χ2n) is 3.75. The number of para-hydroxylation sites is 1. The van der Waals surface area contributed by atoms with Crippen LogP contribution >= 0.6 is 0 Å². The van der Waals surface area contributed by atoms with Crippen molar-refractivity contribution in [1.82, 2.24) is 4.90 Å². The molecule has 0 unspecified atom stereocenters. The molecule has 82 valence electrons. The number of ether oxygens (including phenoxy) is 1. The molecule has 0 aromatic heterocycles. The van der Waals surface area contributed by atoms with Crippen LogP contribution in [0.1, 0.15) is 0 Å². The predicted molar refractivity (Wildman–Crippen MR) is 62.2 cm³/mol. The maximum absolute atomic E-state index is 5.30. The van der Waals surface area contributed by atoms with Gasteiger partial charge in [0, 0.05) is 31.9 Å². The number of nitrogens with zero attached hydrogens (tertiary/aromatic N) is 1. The van der Waals surface area contributed by atoms with Gasteiger partial charge in [0.1, 0.15) is 0 Å². The van der Waals surface area contributed by atoms with Gasteiger partial charge in [-0.25, -0.2) is 0 Å². The Labute approximate surface area is 91.0 Å². The number of anilines is 1. The van der Waals surface area contributed by atoms with Crippen molar-refractivity contribution in [1.29, 1.82) is 0 Å². The normalized spacial score (nSPS) is 17.6. The molecule has 0 spiro atoms. The standard InChI is InChI=1S/C12H18N2O/c1-2-4-12(5-3-1)13-6-7-14-8-10-15-11-9-14/h1-5,13H,6-11H2. The molecule has 0 radical (unpaired) electrons. The molecule has 1 aliphatic heterocycles. The molecule has 1 aromatic rings. The third-order valence-electron chi connectivity index (χ3n) is 2.63. The predicted octanol–water partition coefficient (Wildman–Crippen LogP) is 1.43. The molecule has 1 aromatic carbocycles. The molecule has 0 atom stereocenters. The molecule has 0 amide bonds. The van der Waals surface area contributed by atoms with Crippen molar-refractivity contribution in [2.24, 2.45) is 0 Å². The highest BCUT2D eigenvalue weighted by atomic mass is 16.5. The zero-order valence-electron chi connectivity index (χ0n) is 8.98. The van der Waals surface area contributed by atoms with Gasteiger partial charge in [-0.3, -0.25) is 4.90 Å². The van der Waals surface area contributed by atoms with Crippen molar-refractivity contribution in [3.8, 4) is 0 Å². The van der Waals surface area contributed by atoms with E-state index < -0.39 is 0 Å². The minimum atomic E-state index is 0.880. The highest BCUT2D eigenvalue weighted by Gasteiger charge is 2.08. The van der Waals surface area contributed by atoms with Crippen molar-refractivity contribution in [3.63, 3.8) is 0 Å². The summed E-state index contributed by atoms with van der Waals surface area (Å²) in [5.41, 5.74) is 1.20. The first-order valence-corrected chi connectivity index (χ1v) is 5.54. The van der Waals surface area contributed by atoms with E-state index in [0.29, 0.717) is 0 Å². The van der Waals surface area contributed by atoms with Crippen LogP contribution in [0.2, 0.25) is 0 Å². The molecule has 1 N–H and O–H groups in total. The van der Waals surface area contributed by atoms with Crippen molar-refractivity contribution in [2.75, 3.05) is 44.7 Å². The smallest absolute Gasteiger partial charge is 0.0594 e. The number of morpholine rings is 1. The fraction of sp³-hybridized carbons (Fsp3) is 0.500. The van der Waals surface area contributed by atoms with Gasteiger partial charge in [-0.15, -0.1) is 0 Å². The monoisotopic (exact) mass is 206 g/mol. The molecular weight excluding hydrogens is 188 g/mol. The molecule has 1 saturated heterocycles. The molecule has 1 heterocycles. The van der Waals surface area contributed by atoms with Gasteiger partial charge in [0.15, 0.2) is 0 Å². The summed E-state index contributed by atoms with van der Waals surface area (Å²) >= 11 is 0. The largest absolute Gasteiger partial charge is 0.384 e. The lowest BCUT2D eigenvalue weighted by atomic mass is 10.3. The van der Waals surface area contributed by atoms with E-state index in [-0.39, 0.29) is 0 Å². The van der Waals surface area contributed by atoms with Crippen LogP contribution in [0, 0.1) is 0 Å². The van der Waals surface area contributed by atoms with Crippen LogP contribution in [0.4, 0.5) is 5.69 Å². The minimum absolute atomic E-state index is 0.880. The Morgan fingerprint density at radius 2 is 1.87 bits per heavy atom. The number of hydrogen-bond donors (Lipinski definition) is 1. The first kappa shape index (κ1) is 10.5. The van der Waals surface area contributed by atoms with Gasteiger partial charge < -0.3 is 10.1 Å². The average Bonchev–Trinajstić information content (AvgIpc) is 2.32. The lowest BCUT2D eigenvalue weighted by Crippen LogP contribution is -2.38. The SMILES string of the molecule is c1ccc(NCCN2CCOCC2)cc1. The van der Waals surface area contributed by atoms with E-state index in [9.17, 15) is 0 Å². The van der Waals surface area contributed by atoms with Crippen LogP contribution in [0.25, 0.3) is 0 Å². The molecule has 0 bridgehead atoms. The first-order valence-electron chi connectivity index (χ1n) is 5.54. The van der Waals surface area contributed by atoms with Crippen molar-refractivity contribution >= 4 is 5.69 Å². The van der Waals surface area contributed by atoms with Crippen LogP contribution in [0.3, 0.4) is 0 Å². The van der Waals surface area contributed by atoms with Crippen LogP contribution in [-0.4, -0.2) is 44.3 Å². The third kappa shape index (κ3) is 3.53. The molecular formula is C12H18N2O. The Morgan fingerprint density at radius 1 is 1.13 bits per heavy atom. The lowest BCUT2D eigenvalue weighted by Gasteiger charge is -2.26. The number of hydrogen-bond acceptors (Lipinski definition) is 3. The van der Waals surface area contributed by atoms with Gasteiger partial charge >= 0.3 is 0 Å². The van der Waals surface area contributed by atoms with E-state index in [0.717, 1.165) is 39.4 Å². The summed E-state index contributed by atoms with van der Waals surface area (Å²) in [5.74, 6) is 0. The van der Waals surface area contributed by atoms with Gasteiger partial charge in [-0.05, 0) is 12.1 Å². The van der Waals surface area contributed by atoms with Gasteiger partial charge in [0.25, 0.3) is 0 Å². The Bertz CT molecular complexity index is 270.